The summed E-state index contributed by atoms with van der Waals surface area (Å²) < 4.78 is 10.6. The molecular formula is C30H32N4O4S. The molecule has 1 N–H and O–H groups in total. The first-order chi connectivity index (χ1) is 18.9. The molecule has 1 saturated heterocycles. The number of carbonyl (C=O) groups is 1. The second kappa shape index (κ2) is 9.05. The molecule has 0 amide bonds. The summed E-state index contributed by atoms with van der Waals surface area (Å²) in [7, 11) is 1.41. The fraction of sp³-hybridized carbons (Fsp3) is 0.467. The zero-order valence-electron chi connectivity index (χ0n) is 22.4. The van der Waals surface area contributed by atoms with Gasteiger partial charge in [-0.1, -0.05) is 31.1 Å². The van der Waals surface area contributed by atoms with E-state index in [2.05, 4.69) is 26.3 Å². The first-order valence-electron chi connectivity index (χ1n) is 13.7. The van der Waals surface area contributed by atoms with E-state index in [0.717, 1.165) is 47.8 Å². The number of esters is 1. The largest absolute Gasteiger partial charge is 0.507 e. The highest BCUT2D eigenvalue weighted by molar-refractivity contribution is 7.19. The molecule has 1 unspecified atom stereocenters. The van der Waals surface area contributed by atoms with Crippen molar-refractivity contribution in [1.82, 2.24) is 15.4 Å². The van der Waals surface area contributed by atoms with Crippen LogP contribution in [0.25, 0.3) is 21.5 Å². The van der Waals surface area contributed by atoms with Gasteiger partial charge in [0.15, 0.2) is 11.6 Å². The molecule has 1 aliphatic heterocycles. The lowest BCUT2D eigenvalue weighted by atomic mass is 9.57. The van der Waals surface area contributed by atoms with Crippen LogP contribution in [0.2, 0.25) is 0 Å². The number of hydrogen-bond donors (Lipinski definition) is 1. The number of aromatic hydroxyl groups is 1. The maximum atomic E-state index is 12.3. The van der Waals surface area contributed by atoms with Crippen molar-refractivity contribution in [3.05, 3.63) is 52.6 Å². The van der Waals surface area contributed by atoms with E-state index in [1.165, 1.54) is 35.8 Å². The predicted octanol–water partition coefficient (Wildman–Crippen LogP) is 6.23. The van der Waals surface area contributed by atoms with Crippen molar-refractivity contribution in [3.63, 3.8) is 0 Å². The van der Waals surface area contributed by atoms with Crippen LogP contribution < -0.4 is 4.90 Å². The standard InChI is InChI=1S/C30H32N4O4S/c1-16(2)25(29(36)37-3)23-11-24(33-38-23)34-14-30(15-34)12-18(13-30)27-26(17-8-9-17)20-10-21(31-32-28(20)39-27)19-6-4-5-7-22(19)35/h4-7,10-11,16-18,25,35H,8-9,12-15H2,1-3H3. The van der Waals surface area contributed by atoms with Crippen molar-refractivity contribution in [3.8, 4) is 17.0 Å². The molecule has 1 spiro atoms. The molecule has 3 aromatic heterocycles. The second-order valence-corrected chi connectivity index (χ2v) is 12.9. The maximum absolute atomic E-state index is 12.3. The molecule has 1 aromatic carbocycles. The highest BCUT2D eigenvalue weighted by atomic mass is 32.1. The summed E-state index contributed by atoms with van der Waals surface area (Å²) in [5.74, 6) is 2.10. The molecule has 9 heteroatoms. The third kappa shape index (κ3) is 4.09. The number of benzene rings is 1. The van der Waals surface area contributed by atoms with Crippen molar-refractivity contribution < 1.29 is 19.2 Å². The topological polar surface area (TPSA) is 102 Å². The van der Waals surface area contributed by atoms with Crippen LogP contribution in [0, 0.1) is 11.3 Å². The maximum Gasteiger partial charge on any atom is 0.316 e. The lowest BCUT2D eigenvalue weighted by Gasteiger charge is -2.59. The Hall–Kier alpha value is -3.46. The van der Waals surface area contributed by atoms with Gasteiger partial charge in [-0.15, -0.1) is 21.5 Å². The molecule has 1 atom stereocenters. The number of rotatable bonds is 7. The number of fused-ring (bicyclic) bond motifs is 1. The molecule has 7 rings (SSSR count). The van der Waals surface area contributed by atoms with Gasteiger partial charge >= 0.3 is 5.97 Å². The molecule has 4 aromatic rings. The first kappa shape index (κ1) is 24.6. The third-order valence-corrected chi connectivity index (χ3v) is 10.0. The zero-order chi connectivity index (χ0) is 26.9. The molecule has 3 aliphatic rings. The summed E-state index contributed by atoms with van der Waals surface area (Å²) in [6.45, 7) is 5.89. The Kier molecular flexibility index (Phi) is 5.70. The van der Waals surface area contributed by atoms with E-state index in [0.29, 0.717) is 23.0 Å². The lowest BCUT2D eigenvalue weighted by Crippen LogP contribution is -2.62. The number of methoxy groups -OCH3 is 1. The summed E-state index contributed by atoms with van der Waals surface area (Å²) in [5.41, 5.74) is 3.24. The van der Waals surface area contributed by atoms with Gasteiger partial charge in [0.2, 0.25) is 0 Å². The summed E-state index contributed by atoms with van der Waals surface area (Å²) in [5, 5.41) is 24.9. The van der Waals surface area contributed by atoms with Crippen LogP contribution >= 0.6 is 11.3 Å². The Balaban J connectivity index is 1.08. The molecular weight excluding hydrogens is 512 g/mol. The highest BCUT2D eigenvalue weighted by Crippen LogP contribution is 2.61. The van der Waals surface area contributed by atoms with Gasteiger partial charge < -0.3 is 19.3 Å². The number of phenols is 1. The van der Waals surface area contributed by atoms with Crippen molar-refractivity contribution >= 4 is 33.3 Å². The van der Waals surface area contributed by atoms with Crippen LogP contribution in [-0.2, 0) is 9.53 Å². The van der Waals surface area contributed by atoms with Gasteiger partial charge in [0.05, 0.1) is 12.8 Å². The number of nitrogens with zero attached hydrogens (tertiary/aromatic N) is 4. The molecule has 8 nitrogen and oxygen atoms in total. The number of phenolic OH excluding ortho intramolecular Hbond substituents is 1. The van der Waals surface area contributed by atoms with Gasteiger partial charge in [0, 0.05) is 40.4 Å². The number of hydrogen-bond acceptors (Lipinski definition) is 9. The normalized spacial score (nSPS) is 19.3. The van der Waals surface area contributed by atoms with Gasteiger partial charge in [-0.25, -0.2) is 0 Å². The quantitative estimate of drug-likeness (QED) is 0.273. The van der Waals surface area contributed by atoms with Crippen molar-refractivity contribution in [2.24, 2.45) is 11.3 Å². The summed E-state index contributed by atoms with van der Waals surface area (Å²) >= 11 is 1.81. The minimum Gasteiger partial charge on any atom is -0.507 e. The number of anilines is 1. The van der Waals surface area contributed by atoms with Crippen LogP contribution in [0.3, 0.4) is 0 Å². The summed E-state index contributed by atoms with van der Waals surface area (Å²) in [6, 6.07) is 11.4. The molecule has 2 saturated carbocycles. The van der Waals surface area contributed by atoms with E-state index in [1.54, 1.807) is 6.07 Å². The van der Waals surface area contributed by atoms with Crippen LogP contribution in [0.4, 0.5) is 5.82 Å². The van der Waals surface area contributed by atoms with E-state index in [9.17, 15) is 9.90 Å². The van der Waals surface area contributed by atoms with Gasteiger partial charge in [-0.2, -0.15) is 0 Å². The average Bonchev–Trinajstić information content (AvgIpc) is 3.48. The molecule has 39 heavy (non-hydrogen) atoms. The number of ether oxygens (including phenoxy) is 1. The van der Waals surface area contributed by atoms with E-state index >= 15 is 0 Å². The average molecular weight is 545 g/mol. The highest BCUT2D eigenvalue weighted by Gasteiger charge is 2.54. The van der Waals surface area contributed by atoms with Gasteiger partial charge in [-0.3, -0.25) is 4.79 Å². The van der Waals surface area contributed by atoms with Crippen LogP contribution in [-0.4, -0.2) is 46.6 Å². The fourth-order valence-corrected chi connectivity index (χ4v) is 7.92. The Morgan fingerprint density at radius 3 is 2.62 bits per heavy atom. The fourth-order valence-electron chi connectivity index (χ4n) is 6.63. The Labute approximate surface area is 231 Å². The van der Waals surface area contributed by atoms with E-state index < -0.39 is 5.92 Å². The first-order valence-corrected chi connectivity index (χ1v) is 14.6. The third-order valence-electron chi connectivity index (χ3n) is 8.74. The molecule has 4 heterocycles. The van der Waals surface area contributed by atoms with Crippen LogP contribution in [0.5, 0.6) is 5.75 Å². The minimum absolute atomic E-state index is 0.0643. The molecule has 202 valence electrons. The minimum atomic E-state index is -0.442. The van der Waals surface area contributed by atoms with Crippen molar-refractivity contribution in [2.75, 3.05) is 25.1 Å². The Morgan fingerprint density at radius 2 is 1.92 bits per heavy atom. The Morgan fingerprint density at radius 1 is 1.15 bits per heavy atom. The number of para-hydroxylation sites is 1. The van der Waals surface area contributed by atoms with Crippen LogP contribution in [0.15, 0.2) is 40.9 Å². The van der Waals surface area contributed by atoms with Crippen molar-refractivity contribution in [2.45, 2.75) is 57.3 Å². The zero-order valence-corrected chi connectivity index (χ0v) is 23.2. The van der Waals surface area contributed by atoms with Gasteiger partial charge in [0.25, 0.3) is 0 Å². The number of carbonyl (C=O) groups excluding carboxylic acids is 1. The van der Waals surface area contributed by atoms with E-state index in [1.807, 2.05) is 49.4 Å². The summed E-state index contributed by atoms with van der Waals surface area (Å²) in [6.07, 6.45) is 4.79. The number of thiophene rings is 1. The molecule has 0 bridgehead atoms. The monoisotopic (exact) mass is 544 g/mol. The van der Waals surface area contributed by atoms with Gasteiger partial charge in [-0.05, 0) is 67.2 Å². The van der Waals surface area contributed by atoms with Crippen LogP contribution in [0.1, 0.15) is 73.5 Å². The van der Waals surface area contributed by atoms with Crippen molar-refractivity contribution in [1.29, 1.82) is 0 Å². The summed E-state index contributed by atoms with van der Waals surface area (Å²) in [4.78, 5) is 17.0. The van der Waals surface area contributed by atoms with E-state index in [4.69, 9.17) is 9.26 Å². The number of aromatic nitrogens is 3. The predicted molar refractivity (Wildman–Crippen MR) is 149 cm³/mol. The lowest BCUT2D eigenvalue weighted by molar-refractivity contribution is -0.144. The molecule has 2 aliphatic carbocycles. The SMILES string of the molecule is COC(=O)C(c1cc(N2CC3(CC(c4sc5nnc(-c6ccccc6O)cc5c4C4CC4)C3)C2)no1)C(C)C. The van der Waals surface area contributed by atoms with E-state index in [-0.39, 0.29) is 17.6 Å². The molecule has 3 fully saturated rings. The molecule has 0 radical (unpaired) electrons. The smallest absolute Gasteiger partial charge is 0.316 e. The Bertz CT molecular complexity index is 1560. The van der Waals surface area contributed by atoms with Gasteiger partial charge in [0.1, 0.15) is 16.5 Å². The second-order valence-electron chi connectivity index (χ2n) is 11.9.